The minimum Gasteiger partial charge on any atom is -0.397 e. The highest BCUT2D eigenvalue weighted by atomic mass is 32.1. The van der Waals surface area contributed by atoms with Crippen LogP contribution < -0.4 is 21.7 Å². The van der Waals surface area contributed by atoms with Gasteiger partial charge in [-0.1, -0.05) is 13.3 Å². The number of nitrogens with one attached hydrogen (secondary N) is 1. The fraction of sp³-hybridized carbons (Fsp3) is 0.435. The second-order valence-corrected chi connectivity index (χ2v) is 9.10. The predicted octanol–water partition coefficient (Wildman–Crippen LogP) is 3.13. The molecule has 3 aromatic heterocycles. The fourth-order valence-electron chi connectivity index (χ4n) is 4.28. The van der Waals surface area contributed by atoms with Crippen LogP contribution in [0, 0.1) is 0 Å². The molecule has 1 fully saturated rings. The molecule has 0 unspecified atom stereocenters. The van der Waals surface area contributed by atoms with Crippen LogP contribution in [0.3, 0.4) is 0 Å². The number of hydrogen-bond donors (Lipinski definition) is 3. The van der Waals surface area contributed by atoms with Gasteiger partial charge in [-0.25, -0.2) is 4.98 Å². The SMILES string of the molecule is CCCc1cc(N2CCC(NCCc3ccncc3)CC2)nc2sc(C(N)=O)c(N)c12. The molecule has 0 bridgehead atoms. The summed E-state index contributed by atoms with van der Waals surface area (Å²) in [5, 5.41) is 4.59. The van der Waals surface area contributed by atoms with Gasteiger partial charge in [0.05, 0.1) is 5.69 Å². The van der Waals surface area contributed by atoms with E-state index in [1.54, 1.807) is 0 Å². The summed E-state index contributed by atoms with van der Waals surface area (Å²) in [6.45, 7) is 5.04. The second kappa shape index (κ2) is 9.62. The van der Waals surface area contributed by atoms with Crippen LogP contribution in [0.15, 0.2) is 30.6 Å². The van der Waals surface area contributed by atoms with Crippen LogP contribution in [0.25, 0.3) is 10.2 Å². The summed E-state index contributed by atoms with van der Waals surface area (Å²) in [4.78, 5) is 24.3. The highest BCUT2D eigenvalue weighted by Gasteiger charge is 2.23. The molecule has 0 radical (unpaired) electrons. The Morgan fingerprint density at radius 1 is 1.26 bits per heavy atom. The number of anilines is 2. The summed E-state index contributed by atoms with van der Waals surface area (Å²) in [6.07, 6.45) is 8.78. The number of nitrogens with two attached hydrogens (primary N) is 2. The largest absolute Gasteiger partial charge is 0.397 e. The van der Waals surface area contributed by atoms with Crippen LogP contribution in [0.2, 0.25) is 0 Å². The third kappa shape index (κ3) is 4.80. The first-order chi connectivity index (χ1) is 15.1. The zero-order chi connectivity index (χ0) is 21.8. The zero-order valence-corrected chi connectivity index (χ0v) is 18.8. The number of aryl methyl sites for hydroxylation is 1. The van der Waals surface area contributed by atoms with Crippen molar-refractivity contribution in [3.8, 4) is 0 Å². The molecule has 0 saturated carbocycles. The number of pyridine rings is 2. The number of primary amides is 1. The highest BCUT2D eigenvalue weighted by molar-refractivity contribution is 7.21. The number of aromatic nitrogens is 2. The molecule has 0 aliphatic carbocycles. The smallest absolute Gasteiger partial charge is 0.260 e. The van der Waals surface area contributed by atoms with Crippen molar-refractivity contribution in [2.45, 2.75) is 45.1 Å². The number of nitrogen functional groups attached to an aromatic ring is 1. The maximum Gasteiger partial charge on any atom is 0.260 e. The van der Waals surface area contributed by atoms with Gasteiger partial charge in [-0.15, -0.1) is 11.3 Å². The summed E-state index contributed by atoms with van der Waals surface area (Å²) in [5.74, 6) is 0.492. The Hall–Kier alpha value is -2.71. The van der Waals surface area contributed by atoms with Gasteiger partial charge < -0.3 is 21.7 Å². The molecule has 31 heavy (non-hydrogen) atoms. The molecule has 5 N–H and O–H groups in total. The lowest BCUT2D eigenvalue weighted by molar-refractivity contribution is 0.100. The molecular weight excluding hydrogens is 408 g/mol. The van der Waals surface area contributed by atoms with Gasteiger partial charge in [-0.05, 0) is 61.6 Å². The molecular formula is C23H30N6OS. The summed E-state index contributed by atoms with van der Waals surface area (Å²) in [5.41, 5.74) is 14.7. The van der Waals surface area contributed by atoms with Gasteiger partial charge in [0.15, 0.2) is 0 Å². The number of rotatable bonds is 8. The third-order valence-electron chi connectivity index (χ3n) is 5.93. The topological polar surface area (TPSA) is 110 Å². The quantitative estimate of drug-likeness (QED) is 0.498. The van der Waals surface area contributed by atoms with Crippen molar-refractivity contribution in [3.63, 3.8) is 0 Å². The lowest BCUT2D eigenvalue weighted by atomic mass is 10.0. The molecule has 4 rings (SSSR count). The summed E-state index contributed by atoms with van der Waals surface area (Å²) in [7, 11) is 0. The molecule has 7 nitrogen and oxygen atoms in total. The van der Waals surface area contributed by atoms with E-state index in [0.29, 0.717) is 16.6 Å². The highest BCUT2D eigenvalue weighted by Crippen LogP contribution is 2.37. The number of hydrogen-bond acceptors (Lipinski definition) is 7. The fourth-order valence-corrected chi connectivity index (χ4v) is 5.27. The van der Waals surface area contributed by atoms with Gasteiger partial charge >= 0.3 is 0 Å². The summed E-state index contributed by atoms with van der Waals surface area (Å²) in [6, 6.07) is 6.81. The average Bonchev–Trinajstić information content (AvgIpc) is 3.12. The first kappa shape index (κ1) is 21.5. The number of piperidine rings is 1. The Bertz CT molecular complexity index is 1040. The van der Waals surface area contributed by atoms with Crippen molar-refractivity contribution in [1.29, 1.82) is 0 Å². The number of carbonyl (C=O) groups excluding carboxylic acids is 1. The molecule has 8 heteroatoms. The second-order valence-electron chi connectivity index (χ2n) is 8.10. The molecule has 1 saturated heterocycles. The number of amides is 1. The van der Waals surface area contributed by atoms with Crippen LogP contribution in [0.1, 0.15) is 47.0 Å². The van der Waals surface area contributed by atoms with Gasteiger partial charge in [0.2, 0.25) is 0 Å². The van der Waals surface area contributed by atoms with Crippen LogP contribution in [-0.2, 0) is 12.8 Å². The molecule has 0 spiro atoms. The first-order valence-corrected chi connectivity index (χ1v) is 11.8. The molecule has 0 atom stereocenters. The monoisotopic (exact) mass is 438 g/mol. The molecule has 0 aromatic carbocycles. The van der Waals surface area contributed by atoms with Crippen LogP contribution in [0.4, 0.5) is 11.5 Å². The summed E-state index contributed by atoms with van der Waals surface area (Å²) < 4.78 is 0. The van der Waals surface area contributed by atoms with Gasteiger partial charge in [-0.2, -0.15) is 0 Å². The summed E-state index contributed by atoms with van der Waals surface area (Å²) >= 11 is 1.31. The Balaban J connectivity index is 1.43. The van der Waals surface area contributed by atoms with E-state index in [1.165, 1.54) is 16.9 Å². The Morgan fingerprint density at radius 2 is 2.00 bits per heavy atom. The number of fused-ring (bicyclic) bond motifs is 1. The standard InChI is InChI=1S/C23H30N6OS/c1-2-3-16-14-18(28-23-19(16)20(24)21(31-23)22(25)30)29-12-7-17(8-13-29)27-11-6-15-4-9-26-10-5-15/h4-5,9-10,14,17,27H,2-3,6-8,11-13,24H2,1H3,(H2,25,30). The van der Waals surface area contributed by atoms with Crippen molar-refractivity contribution in [3.05, 3.63) is 46.6 Å². The van der Waals surface area contributed by atoms with Crippen LogP contribution >= 0.6 is 11.3 Å². The average molecular weight is 439 g/mol. The number of thiophene rings is 1. The maximum atomic E-state index is 11.8. The maximum absolute atomic E-state index is 11.8. The molecule has 4 heterocycles. The van der Waals surface area contributed by atoms with E-state index in [9.17, 15) is 4.79 Å². The Labute approximate surface area is 186 Å². The van der Waals surface area contributed by atoms with Gasteiger partial charge in [0, 0.05) is 36.9 Å². The number of carbonyl (C=O) groups is 1. The van der Waals surface area contributed by atoms with Crippen LogP contribution in [0.5, 0.6) is 0 Å². The normalized spacial score (nSPS) is 14.9. The first-order valence-electron chi connectivity index (χ1n) is 11.0. The van der Waals surface area contributed by atoms with Crippen molar-refractivity contribution in [2.75, 3.05) is 30.3 Å². The minimum absolute atomic E-state index is 0.411. The molecule has 164 valence electrons. The van der Waals surface area contributed by atoms with Crippen LogP contribution in [-0.4, -0.2) is 41.6 Å². The van der Waals surface area contributed by atoms with Crippen molar-refractivity contribution < 1.29 is 4.79 Å². The van der Waals surface area contributed by atoms with E-state index < -0.39 is 5.91 Å². The van der Waals surface area contributed by atoms with E-state index in [-0.39, 0.29) is 0 Å². The van der Waals surface area contributed by atoms with E-state index in [2.05, 4.69) is 40.3 Å². The molecule has 1 aliphatic heterocycles. The lowest BCUT2D eigenvalue weighted by Gasteiger charge is -2.33. The zero-order valence-electron chi connectivity index (χ0n) is 17.9. The third-order valence-corrected chi connectivity index (χ3v) is 7.04. The van der Waals surface area contributed by atoms with Crippen molar-refractivity contribution >= 4 is 39.0 Å². The van der Waals surface area contributed by atoms with Crippen molar-refractivity contribution in [1.82, 2.24) is 15.3 Å². The Morgan fingerprint density at radius 3 is 2.68 bits per heavy atom. The molecule has 3 aromatic rings. The predicted molar refractivity (Wildman–Crippen MR) is 128 cm³/mol. The molecule has 1 aliphatic rings. The Kier molecular flexibility index (Phi) is 6.67. The minimum atomic E-state index is -0.483. The van der Waals surface area contributed by atoms with E-state index >= 15 is 0 Å². The van der Waals surface area contributed by atoms with Gasteiger partial charge in [0.25, 0.3) is 5.91 Å². The van der Waals surface area contributed by atoms with E-state index in [1.807, 2.05) is 12.4 Å². The van der Waals surface area contributed by atoms with Gasteiger partial charge in [0.1, 0.15) is 15.5 Å². The van der Waals surface area contributed by atoms with Gasteiger partial charge in [-0.3, -0.25) is 9.78 Å². The lowest BCUT2D eigenvalue weighted by Crippen LogP contribution is -2.43. The van der Waals surface area contributed by atoms with E-state index in [4.69, 9.17) is 16.5 Å². The molecule has 1 amide bonds. The van der Waals surface area contributed by atoms with E-state index in [0.717, 1.165) is 73.3 Å². The van der Waals surface area contributed by atoms with Crippen molar-refractivity contribution in [2.24, 2.45) is 5.73 Å². The number of nitrogens with zero attached hydrogens (tertiary/aromatic N) is 3.